The van der Waals surface area contributed by atoms with Gasteiger partial charge < -0.3 is 5.11 Å². The number of carboxylic acids is 1. The lowest BCUT2D eigenvalue weighted by molar-refractivity contribution is -0.139. The van der Waals surface area contributed by atoms with Crippen LogP contribution in [0.1, 0.15) is 22.7 Å². The van der Waals surface area contributed by atoms with Gasteiger partial charge in [0.15, 0.2) is 0 Å². The molecular weight excluding hydrogens is 274 g/mol. The molecule has 1 atom stereocenters. The van der Waals surface area contributed by atoms with E-state index >= 15 is 0 Å². The third-order valence-electron chi connectivity index (χ3n) is 3.09. The first-order chi connectivity index (χ1) is 9.58. The van der Waals surface area contributed by atoms with Crippen molar-refractivity contribution in [2.75, 3.05) is 0 Å². The highest BCUT2D eigenvalue weighted by atomic mass is 35.5. The molecule has 0 radical (unpaired) electrons. The van der Waals surface area contributed by atoms with Crippen LogP contribution < -0.4 is 5.32 Å². The molecule has 104 valence electrons. The summed E-state index contributed by atoms with van der Waals surface area (Å²) in [5.41, 5.74) is 2.69. The van der Waals surface area contributed by atoms with Crippen LogP contribution in [0.2, 0.25) is 5.02 Å². The number of benzene rings is 2. The number of hydrogen-bond donors (Lipinski definition) is 2. The highest BCUT2D eigenvalue weighted by molar-refractivity contribution is 6.31. The van der Waals surface area contributed by atoms with Gasteiger partial charge in [0.1, 0.15) is 6.04 Å². The quantitative estimate of drug-likeness (QED) is 0.885. The predicted molar refractivity (Wildman–Crippen MR) is 79.8 cm³/mol. The van der Waals surface area contributed by atoms with E-state index in [1.165, 1.54) is 0 Å². The molecule has 0 spiro atoms. The van der Waals surface area contributed by atoms with Crippen LogP contribution in [-0.4, -0.2) is 11.1 Å². The Morgan fingerprint density at radius 3 is 2.55 bits per heavy atom. The number of carbonyl (C=O) groups is 1. The Morgan fingerprint density at radius 1 is 1.25 bits per heavy atom. The maximum atomic E-state index is 11.4. The van der Waals surface area contributed by atoms with Crippen LogP contribution in [-0.2, 0) is 11.3 Å². The maximum Gasteiger partial charge on any atom is 0.325 e. The van der Waals surface area contributed by atoms with Gasteiger partial charge in [0.2, 0.25) is 0 Å². The van der Waals surface area contributed by atoms with Crippen LogP contribution in [0, 0.1) is 6.92 Å². The lowest BCUT2D eigenvalue weighted by atomic mass is 10.1. The number of hydrogen-bond acceptors (Lipinski definition) is 2. The molecule has 4 heteroatoms. The number of rotatable bonds is 5. The largest absolute Gasteiger partial charge is 0.480 e. The fourth-order valence-electron chi connectivity index (χ4n) is 2.00. The second-order valence-electron chi connectivity index (χ2n) is 4.66. The van der Waals surface area contributed by atoms with Gasteiger partial charge in [0.05, 0.1) is 0 Å². The number of aliphatic carboxylic acids is 1. The van der Waals surface area contributed by atoms with Crippen molar-refractivity contribution in [3.8, 4) is 0 Å². The maximum absolute atomic E-state index is 11.4. The monoisotopic (exact) mass is 289 g/mol. The van der Waals surface area contributed by atoms with Gasteiger partial charge in [-0.2, -0.15) is 0 Å². The minimum absolute atomic E-state index is 0.408. The SMILES string of the molecule is Cc1ccc(CNC(C(=O)O)c2ccccc2)c(Cl)c1. The molecule has 0 fully saturated rings. The van der Waals surface area contributed by atoms with E-state index in [4.69, 9.17) is 11.6 Å². The number of carboxylic acid groups (broad SMARTS) is 1. The Bertz CT molecular complexity index is 599. The fourth-order valence-corrected chi connectivity index (χ4v) is 2.30. The number of nitrogens with one attached hydrogen (secondary N) is 1. The highest BCUT2D eigenvalue weighted by Crippen LogP contribution is 2.19. The summed E-state index contributed by atoms with van der Waals surface area (Å²) in [6.45, 7) is 2.37. The van der Waals surface area contributed by atoms with Crippen LogP contribution in [0.5, 0.6) is 0 Å². The van der Waals surface area contributed by atoms with Crippen molar-refractivity contribution in [1.29, 1.82) is 0 Å². The van der Waals surface area contributed by atoms with Crippen LogP contribution in [0.25, 0.3) is 0 Å². The first-order valence-corrected chi connectivity index (χ1v) is 6.72. The molecular formula is C16H16ClNO2. The first kappa shape index (κ1) is 14.6. The zero-order chi connectivity index (χ0) is 14.5. The standard InChI is InChI=1S/C16H16ClNO2/c1-11-7-8-13(14(17)9-11)10-18-15(16(19)20)12-5-3-2-4-6-12/h2-9,15,18H,10H2,1H3,(H,19,20). The second-order valence-corrected chi connectivity index (χ2v) is 5.06. The Morgan fingerprint density at radius 2 is 1.95 bits per heavy atom. The summed E-state index contributed by atoms with van der Waals surface area (Å²) >= 11 is 6.15. The molecule has 0 saturated carbocycles. The minimum Gasteiger partial charge on any atom is -0.480 e. The topological polar surface area (TPSA) is 49.3 Å². The molecule has 0 aliphatic carbocycles. The Balaban J connectivity index is 2.12. The Labute approximate surface area is 123 Å². The molecule has 0 heterocycles. The van der Waals surface area contributed by atoms with Crippen molar-refractivity contribution in [2.45, 2.75) is 19.5 Å². The average Bonchev–Trinajstić information content (AvgIpc) is 2.42. The molecule has 2 aromatic rings. The van der Waals surface area contributed by atoms with Gasteiger partial charge in [-0.25, -0.2) is 0 Å². The third-order valence-corrected chi connectivity index (χ3v) is 3.44. The van der Waals surface area contributed by atoms with Crippen molar-refractivity contribution < 1.29 is 9.90 Å². The molecule has 0 aromatic heterocycles. The van der Waals surface area contributed by atoms with Crippen molar-refractivity contribution in [2.24, 2.45) is 0 Å². The fraction of sp³-hybridized carbons (Fsp3) is 0.188. The van der Waals surface area contributed by atoms with Crippen LogP contribution >= 0.6 is 11.6 Å². The molecule has 1 unspecified atom stereocenters. The number of halogens is 1. The Kier molecular flexibility index (Phi) is 4.77. The van der Waals surface area contributed by atoms with Crippen molar-refractivity contribution >= 4 is 17.6 Å². The molecule has 2 aromatic carbocycles. The van der Waals surface area contributed by atoms with E-state index in [9.17, 15) is 9.90 Å². The summed E-state index contributed by atoms with van der Waals surface area (Å²) in [7, 11) is 0. The summed E-state index contributed by atoms with van der Waals surface area (Å²) in [5, 5.41) is 13.0. The van der Waals surface area contributed by atoms with Gasteiger partial charge in [0.25, 0.3) is 0 Å². The molecule has 0 bridgehead atoms. The van der Waals surface area contributed by atoms with Crippen LogP contribution in [0.3, 0.4) is 0 Å². The predicted octanol–water partition coefficient (Wildman–Crippen LogP) is 3.56. The average molecular weight is 290 g/mol. The smallest absolute Gasteiger partial charge is 0.325 e. The van der Waals surface area contributed by atoms with Gasteiger partial charge in [-0.3, -0.25) is 10.1 Å². The first-order valence-electron chi connectivity index (χ1n) is 6.34. The summed E-state index contributed by atoms with van der Waals surface area (Å²) in [6, 6.07) is 14.1. The third kappa shape index (κ3) is 3.59. The zero-order valence-electron chi connectivity index (χ0n) is 11.1. The van der Waals surface area contributed by atoms with Crippen molar-refractivity contribution in [1.82, 2.24) is 5.32 Å². The van der Waals surface area contributed by atoms with E-state index in [2.05, 4.69) is 5.32 Å². The van der Waals surface area contributed by atoms with Crippen LogP contribution in [0.4, 0.5) is 0 Å². The second kappa shape index (κ2) is 6.55. The molecule has 0 saturated heterocycles. The highest BCUT2D eigenvalue weighted by Gasteiger charge is 2.18. The van der Waals surface area contributed by atoms with Gasteiger partial charge in [-0.1, -0.05) is 54.1 Å². The summed E-state index contributed by atoms with van der Waals surface area (Å²) in [4.78, 5) is 11.4. The van der Waals surface area contributed by atoms with E-state index in [1.54, 1.807) is 12.1 Å². The molecule has 20 heavy (non-hydrogen) atoms. The molecule has 0 aliphatic rings. The summed E-state index contributed by atoms with van der Waals surface area (Å²) < 4.78 is 0. The molecule has 0 aliphatic heterocycles. The molecule has 3 nitrogen and oxygen atoms in total. The molecule has 0 amide bonds. The summed E-state index contributed by atoms with van der Waals surface area (Å²) in [6.07, 6.45) is 0. The molecule has 2 rings (SSSR count). The molecule has 2 N–H and O–H groups in total. The lowest BCUT2D eigenvalue weighted by Crippen LogP contribution is -2.28. The van der Waals surface area contributed by atoms with E-state index in [1.807, 2.05) is 43.3 Å². The van der Waals surface area contributed by atoms with Crippen molar-refractivity contribution in [3.05, 3.63) is 70.2 Å². The van der Waals surface area contributed by atoms with Crippen molar-refractivity contribution in [3.63, 3.8) is 0 Å². The Hall–Kier alpha value is -1.84. The normalized spacial score (nSPS) is 12.1. The van der Waals surface area contributed by atoms with Gasteiger partial charge in [0, 0.05) is 11.6 Å². The van der Waals surface area contributed by atoms with Crippen LogP contribution in [0.15, 0.2) is 48.5 Å². The number of aryl methyl sites for hydroxylation is 1. The minimum atomic E-state index is -0.903. The van der Waals surface area contributed by atoms with Gasteiger partial charge in [-0.05, 0) is 29.7 Å². The van der Waals surface area contributed by atoms with Gasteiger partial charge >= 0.3 is 5.97 Å². The van der Waals surface area contributed by atoms with E-state index in [0.717, 1.165) is 16.7 Å². The van der Waals surface area contributed by atoms with E-state index in [0.29, 0.717) is 11.6 Å². The zero-order valence-corrected chi connectivity index (χ0v) is 11.9. The van der Waals surface area contributed by atoms with Gasteiger partial charge in [-0.15, -0.1) is 0 Å². The van der Waals surface area contributed by atoms with E-state index < -0.39 is 12.0 Å². The summed E-state index contributed by atoms with van der Waals surface area (Å²) in [5.74, 6) is -0.903. The van der Waals surface area contributed by atoms with E-state index in [-0.39, 0.29) is 0 Å². The lowest BCUT2D eigenvalue weighted by Gasteiger charge is -2.15.